The van der Waals surface area contributed by atoms with Crippen molar-refractivity contribution >= 4 is 57.9 Å². The summed E-state index contributed by atoms with van der Waals surface area (Å²) < 4.78 is 1.36. The summed E-state index contributed by atoms with van der Waals surface area (Å²) in [4.78, 5) is 64.5. The van der Waals surface area contributed by atoms with Crippen LogP contribution in [0.5, 0.6) is 0 Å². The number of hydrogen-bond acceptors (Lipinski definition) is 8. The first-order valence-electron chi connectivity index (χ1n) is 11.4. The Morgan fingerprint density at radius 3 is 2.32 bits per heavy atom. The number of nitrogens with zero attached hydrogens (tertiary/aromatic N) is 3. The third-order valence-corrected chi connectivity index (χ3v) is 9.48. The van der Waals surface area contributed by atoms with Crippen LogP contribution < -0.4 is 15.1 Å². The van der Waals surface area contributed by atoms with Crippen LogP contribution >= 0.6 is 23.1 Å². The molecule has 12 heteroatoms. The molecule has 2 aliphatic rings. The van der Waals surface area contributed by atoms with E-state index in [4.69, 9.17) is 0 Å². The number of nitro benzene ring substituents is 1. The quantitative estimate of drug-likeness (QED) is 0.298. The lowest BCUT2D eigenvalue weighted by Gasteiger charge is -2.36. The van der Waals surface area contributed by atoms with E-state index in [1.807, 2.05) is 32.9 Å². The lowest BCUT2D eigenvalue weighted by Crippen LogP contribution is -2.41. The molecule has 0 unspecified atom stereocenters. The number of carbonyl (C=O) groups is 3. The maximum atomic E-state index is 13.5. The van der Waals surface area contributed by atoms with Gasteiger partial charge in [-0.3, -0.25) is 33.9 Å². The van der Waals surface area contributed by atoms with Gasteiger partial charge in [-0.1, -0.05) is 54.6 Å². The van der Waals surface area contributed by atoms with E-state index in [0.29, 0.717) is 15.6 Å². The fraction of sp³-hybridized carbons (Fsp3) is 0.280. The van der Waals surface area contributed by atoms with E-state index in [1.54, 1.807) is 12.1 Å². The Morgan fingerprint density at radius 2 is 1.70 bits per heavy atom. The highest BCUT2D eigenvalue weighted by Gasteiger charge is 2.59. The first-order chi connectivity index (χ1) is 17.5. The van der Waals surface area contributed by atoms with Crippen LogP contribution in [-0.4, -0.2) is 32.5 Å². The number of nitro groups is 1. The number of thioether (sulfide) groups is 1. The number of benzene rings is 2. The average molecular weight is 539 g/mol. The number of aromatic nitrogens is 1. The molecule has 3 amide bonds. The van der Waals surface area contributed by atoms with Crippen LogP contribution in [0.25, 0.3) is 0 Å². The van der Waals surface area contributed by atoms with Gasteiger partial charge in [0.05, 0.1) is 21.6 Å². The molecule has 2 atom stereocenters. The van der Waals surface area contributed by atoms with Gasteiger partial charge in [0.1, 0.15) is 11.8 Å². The highest BCUT2D eigenvalue weighted by molar-refractivity contribution is 8.00. The number of anilines is 2. The predicted octanol–water partition coefficient (Wildman–Crippen LogP) is 3.71. The van der Waals surface area contributed by atoms with Gasteiger partial charge in [-0.2, -0.15) is 0 Å². The summed E-state index contributed by atoms with van der Waals surface area (Å²) in [6.45, 7) is 5.35. The highest BCUT2D eigenvalue weighted by atomic mass is 32.2. The Balaban J connectivity index is 1.45. The summed E-state index contributed by atoms with van der Waals surface area (Å²) in [5.74, 6) is -1.99. The summed E-state index contributed by atoms with van der Waals surface area (Å²) in [5, 5.41) is 13.5. The molecule has 10 nitrogen and oxygen atoms in total. The van der Waals surface area contributed by atoms with Crippen molar-refractivity contribution in [1.29, 1.82) is 0 Å². The van der Waals surface area contributed by atoms with E-state index in [9.17, 15) is 29.3 Å². The van der Waals surface area contributed by atoms with E-state index >= 15 is 0 Å². The first kappa shape index (κ1) is 24.9. The molecule has 0 bridgehead atoms. The molecule has 2 aliphatic heterocycles. The zero-order valence-electron chi connectivity index (χ0n) is 20.1. The molecule has 5 rings (SSSR count). The van der Waals surface area contributed by atoms with Crippen LogP contribution in [0, 0.1) is 23.0 Å². The second kappa shape index (κ2) is 8.96. The van der Waals surface area contributed by atoms with Gasteiger partial charge in [0.2, 0.25) is 17.7 Å². The van der Waals surface area contributed by atoms with Crippen molar-refractivity contribution in [3.8, 4) is 0 Å². The van der Waals surface area contributed by atoms with Crippen molar-refractivity contribution in [2.24, 2.45) is 5.92 Å². The molecule has 1 fully saturated rings. The van der Waals surface area contributed by atoms with Crippen LogP contribution in [-0.2, 0) is 26.3 Å². The molecular formula is C25H22N4O6S2. The fourth-order valence-corrected chi connectivity index (χ4v) is 7.76. The van der Waals surface area contributed by atoms with Crippen molar-refractivity contribution in [2.75, 3.05) is 10.2 Å². The molecular weight excluding hydrogens is 516 g/mol. The molecule has 1 aromatic heterocycles. The molecule has 37 heavy (non-hydrogen) atoms. The number of carbonyl (C=O) groups excluding carboxylic acids is 3. The van der Waals surface area contributed by atoms with Crippen LogP contribution in [0.4, 0.5) is 17.1 Å². The van der Waals surface area contributed by atoms with E-state index in [-0.39, 0.29) is 28.7 Å². The smallest absolute Gasteiger partial charge is 0.308 e. The van der Waals surface area contributed by atoms with E-state index in [2.05, 4.69) is 5.32 Å². The monoisotopic (exact) mass is 538 g/mol. The van der Waals surface area contributed by atoms with Crippen LogP contribution in [0.15, 0.2) is 58.4 Å². The van der Waals surface area contributed by atoms with Crippen LogP contribution in [0.3, 0.4) is 0 Å². The minimum atomic E-state index is -0.851. The zero-order chi connectivity index (χ0) is 26.6. The van der Waals surface area contributed by atoms with Gasteiger partial charge in [0.15, 0.2) is 0 Å². The molecule has 1 N–H and O–H groups in total. The molecule has 3 aromatic rings. The molecule has 3 heterocycles. The summed E-state index contributed by atoms with van der Waals surface area (Å²) in [6, 6.07) is 12.5. The largest absolute Gasteiger partial charge is 0.325 e. The van der Waals surface area contributed by atoms with Gasteiger partial charge in [-0.15, -0.1) is 0 Å². The van der Waals surface area contributed by atoms with Crippen LogP contribution in [0.1, 0.15) is 24.3 Å². The number of fused-ring (bicyclic) bond motifs is 2. The average Bonchev–Trinajstić information content (AvgIpc) is 3.29. The molecule has 2 aromatic carbocycles. The molecule has 0 radical (unpaired) electrons. The number of non-ortho nitro benzene ring substituents is 1. The molecule has 0 spiro atoms. The number of hydrogen-bond donors (Lipinski definition) is 1. The second-order valence-corrected chi connectivity index (χ2v) is 11.6. The van der Waals surface area contributed by atoms with Crippen LogP contribution in [0.2, 0.25) is 0 Å². The second-order valence-electron chi connectivity index (χ2n) is 9.53. The van der Waals surface area contributed by atoms with Crippen molar-refractivity contribution < 1.29 is 19.3 Å². The number of amides is 3. The summed E-state index contributed by atoms with van der Waals surface area (Å²) in [5.41, 5.74) is 0.911. The molecule has 1 saturated heterocycles. The fourth-order valence-electron chi connectivity index (χ4n) is 4.73. The van der Waals surface area contributed by atoms with Gasteiger partial charge in [-0.05, 0) is 31.2 Å². The summed E-state index contributed by atoms with van der Waals surface area (Å²) in [7, 11) is 0. The van der Waals surface area contributed by atoms with Gasteiger partial charge in [0.25, 0.3) is 5.69 Å². The minimum absolute atomic E-state index is 0.148. The van der Waals surface area contributed by atoms with Gasteiger partial charge in [0, 0.05) is 28.1 Å². The molecule has 0 aliphatic carbocycles. The lowest BCUT2D eigenvalue weighted by molar-refractivity contribution is -0.384. The van der Waals surface area contributed by atoms with Crippen molar-refractivity contribution in [1.82, 2.24) is 4.57 Å². The number of nitrogens with one attached hydrogen (secondary N) is 1. The van der Waals surface area contributed by atoms with E-state index in [0.717, 1.165) is 33.6 Å². The third kappa shape index (κ3) is 4.15. The van der Waals surface area contributed by atoms with Gasteiger partial charge >= 0.3 is 4.87 Å². The number of thiazole rings is 1. The van der Waals surface area contributed by atoms with E-state index < -0.39 is 33.3 Å². The molecule has 190 valence electrons. The Morgan fingerprint density at radius 1 is 1.05 bits per heavy atom. The Hall–Kier alpha value is -3.77. The molecule has 0 saturated carbocycles. The predicted molar refractivity (Wildman–Crippen MR) is 140 cm³/mol. The number of aryl methyl sites for hydroxylation is 1. The SMILES string of the molecule is Cc1ccc(NC(=O)Cn2c3c(sc2=O)C(C)(C)[C@H]2C(=O)N(c4ccc([N+](=O)[O-])cc4)C(=O)[C@H]2S3)cc1. The maximum absolute atomic E-state index is 13.5. The van der Waals surface area contributed by atoms with Crippen molar-refractivity contribution in [2.45, 2.75) is 43.0 Å². The number of imide groups is 1. The van der Waals surface area contributed by atoms with Crippen molar-refractivity contribution in [3.63, 3.8) is 0 Å². The van der Waals surface area contributed by atoms with Gasteiger partial charge < -0.3 is 5.32 Å². The third-order valence-electron chi connectivity index (χ3n) is 6.66. The normalized spacial score (nSPS) is 19.9. The minimum Gasteiger partial charge on any atom is -0.325 e. The first-order valence-corrected chi connectivity index (χ1v) is 13.1. The van der Waals surface area contributed by atoms with Gasteiger partial charge in [-0.25, -0.2) is 4.90 Å². The Bertz CT molecular complexity index is 1510. The Labute approximate surface area is 219 Å². The topological polar surface area (TPSA) is 132 Å². The summed E-state index contributed by atoms with van der Waals surface area (Å²) >= 11 is 2.10. The zero-order valence-corrected chi connectivity index (χ0v) is 21.7. The summed E-state index contributed by atoms with van der Waals surface area (Å²) in [6.07, 6.45) is 0. The lowest BCUT2D eigenvalue weighted by atomic mass is 9.76. The van der Waals surface area contributed by atoms with Crippen molar-refractivity contribution in [3.05, 3.63) is 78.8 Å². The standard InChI is InChI=1S/C25H22N4O6S2/c1-13-4-6-14(7-5-13)26-17(30)12-27-23-20(37-24(27)33)25(2,3)18-19(36-23)22(32)28(21(18)31)15-8-10-16(11-9-15)29(34)35/h4-11,18-19H,12H2,1-3H3,(H,26,30)/t18-,19+/m1/s1. The Kier molecular flexibility index (Phi) is 6.03. The highest BCUT2D eigenvalue weighted by Crippen LogP contribution is 2.54. The van der Waals surface area contributed by atoms with E-state index in [1.165, 1.54) is 28.8 Å². The maximum Gasteiger partial charge on any atom is 0.308 e. The number of rotatable bonds is 5.